The lowest BCUT2D eigenvalue weighted by atomic mass is 9.99. The van der Waals surface area contributed by atoms with E-state index in [-0.39, 0.29) is 30.2 Å². The molecular weight excluding hydrogens is 320 g/mol. The number of aliphatic carboxylic acids is 1. The van der Waals surface area contributed by atoms with E-state index in [0.717, 1.165) is 5.56 Å². The first-order valence-electron chi connectivity index (χ1n) is 8.61. The molecule has 6 heteroatoms. The zero-order valence-electron chi connectivity index (χ0n) is 15.2. The molecule has 1 aromatic rings. The first-order chi connectivity index (χ1) is 11.7. The van der Waals surface area contributed by atoms with Crippen molar-refractivity contribution in [2.45, 2.75) is 34.1 Å². The smallest absolute Gasteiger partial charge is 0.308 e. The van der Waals surface area contributed by atoms with Gasteiger partial charge in [-0.15, -0.1) is 0 Å². The number of hydrogen-bond acceptors (Lipinski definition) is 3. The normalized spacial score (nSPS) is 20.0. The van der Waals surface area contributed by atoms with E-state index >= 15 is 0 Å². The van der Waals surface area contributed by atoms with Gasteiger partial charge in [-0.1, -0.05) is 20.8 Å². The molecule has 0 saturated carbocycles. The van der Waals surface area contributed by atoms with Crippen molar-refractivity contribution < 1.29 is 19.5 Å². The van der Waals surface area contributed by atoms with Gasteiger partial charge < -0.3 is 15.3 Å². The number of carbonyl (C=O) groups excluding carboxylic acids is 2. The van der Waals surface area contributed by atoms with Crippen LogP contribution in [0, 0.1) is 24.7 Å². The van der Waals surface area contributed by atoms with Crippen LogP contribution in [0.15, 0.2) is 18.2 Å². The molecule has 0 aliphatic carbocycles. The van der Waals surface area contributed by atoms with Gasteiger partial charge in [-0.2, -0.15) is 0 Å². The molecule has 25 heavy (non-hydrogen) atoms. The Hall–Kier alpha value is -2.37. The average Bonchev–Trinajstić information content (AvgIpc) is 2.90. The average molecular weight is 346 g/mol. The minimum absolute atomic E-state index is 0.0464. The Morgan fingerprint density at radius 3 is 2.48 bits per heavy atom. The number of carboxylic acid groups (broad SMARTS) is 1. The number of likely N-dealkylation sites (tertiary alicyclic amines) is 1. The number of rotatable bonds is 5. The molecule has 0 unspecified atom stereocenters. The van der Waals surface area contributed by atoms with E-state index in [1.54, 1.807) is 23.1 Å². The predicted octanol–water partition coefficient (Wildman–Crippen LogP) is 2.77. The lowest BCUT2D eigenvalue weighted by Gasteiger charge is -2.17. The fourth-order valence-corrected chi connectivity index (χ4v) is 3.15. The summed E-state index contributed by atoms with van der Waals surface area (Å²) in [5, 5.41) is 12.1. The van der Waals surface area contributed by atoms with Gasteiger partial charge in [0.1, 0.15) is 0 Å². The van der Waals surface area contributed by atoms with Gasteiger partial charge in [0.15, 0.2) is 0 Å². The Balaban J connectivity index is 2.08. The van der Waals surface area contributed by atoms with Crippen molar-refractivity contribution in [2.75, 3.05) is 18.4 Å². The Bertz CT molecular complexity index is 684. The summed E-state index contributed by atoms with van der Waals surface area (Å²) in [5.74, 6) is -1.37. The van der Waals surface area contributed by atoms with Crippen molar-refractivity contribution in [1.82, 2.24) is 4.90 Å². The van der Waals surface area contributed by atoms with Crippen LogP contribution >= 0.6 is 0 Å². The summed E-state index contributed by atoms with van der Waals surface area (Å²) >= 11 is 0. The minimum atomic E-state index is -0.859. The van der Waals surface area contributed by atoms with Crippen molar-refractivity contribution in [1.29, 1.82) is 0 Å². The molecule has 0 aromatic heterocycles. The number of carboxylic acids is 1. The van der Waals surface area contributed by atoms with Gasteiger partial charge in [0.2, 0.25) is 5.91 Å². The van der Waals surface area contributed by atoms with E-state index in [1.165, 1.54) is 0 Å². The van der Waals surface area contributed by atoms with Crippen LogP contribution in [0.5, 0.6) is 0 Å². The lowest BCUT2D eigenvalue weighted by molar-refractivity contribution is -0.142. The number of benzene rings is 1. The molecular formula is C19H26N2O4. The van der Waals surface area contributed by atoms with Crippen LogP contribution < -0.4 is 5.32 Å². The van der Waals surface area contributed by atoms with Crippen molar-refractivity contribution in [3.63, 3.8) is 0 Å². The Morgan fingerprint density at radius 2 is 1.96 bits per heavy atom. The monoisotopic (exact) mass is 346 g/mol. The van der Waals surface area contributed by atoms with Gasteiger partial charge in [-0.05, 0) is 42.5 Å². The molecule has 2 atom stereocenters. The maximum atomic E-state index is 12.6. The fraction of sp³-hybridized carbons (Fsp3) is 0.526. The summed E-state index contributed by atoms with van der Waals surface area (Å²) < 4.78 is 0. The number of amides is 2. The predicted molar refractivity (Wildman–Crippen MR) is 95.5 cm³/mol. The third-order valence-electron chi connectivity index (χ3n) is 4.56. The Labute approximate surface area is 148 Å². The molecule has 1 aliphatic heterocycles. The van der Waals surface area contributed by atoms with Gasteiger partial charge in [0.05, 0.1) is 5.92 Å². The zero-order valence-corrected chi connectivity index (χ0v) is 15.2. The topological polar surface area (TPSA) is 86.7 Å². The molecule has 136 valence electrons. The summed E-state index contributed by atoms with van der Waals surface area (Å²) in [6.07, 6.45) is 0.447. The Kier molecular flexibility index (Phi) is 5.82. The number of hydrogen-bond donors (Lipinski definition) is 2. The highest BCUT2D eigenvalue weighted by molar-refractivity contribution is 5.97. The maximum absolute atomic E-state index is 12.6. The molecule has 2 amide bonds. The van der Waals surface area contributed by atoms with Crippen LogP contribution in [0.25, 0.3) is 0 Å². The van der Waals surface area contributed by atoms with Crippen molar-refractivity contribution in [2.24, 2.45) is 17.8 Å². The lowest BCUT2D eigenvalue weighted by Crippen LogP contribution is -2.30. The van der Waals surface area contributed by atoms with Crippen LogP contribution in [0.2, 0.25) is 0 Å². The highest BCUT2D eigenvalue weighted by Gasteiger charge is 2.37. The van der Waals surface area contributed by atoms with E-state index in [0.29, 0.717) is 24.2 Å². The van der Waals surface area contributed by atoms with Crippen LogP contribution in [-0.4, -0.2) is 40.9 Å². The fourth-order valence-electron chi connectivity index (χ4n) is 3.15. The molecule has 0 radical (unpaired) electrons. The van der Waals surface area contributed by atoms with E-state index in [1.807, 2.05) is 27.7 Å². The largest absolute Gasteiger partial charge is 0.481 e. The molecule has 0 spiro atoms. The van der Waals surface area contributed by atoms with Crippen molar-refractivity contribution in [3.05, 3.63) is 29.3 Å². The molecule has 1 fully saturated rings. The molecule has 0 bridgehead atoms. The summed E-state index contributed by atoms with van der Waals surface area (Å²) in [6.45, 7) is 8.34. The summed E-state index contributed by atoms with van der Waals surface area (Å²) in [5.41, 5.74) is 2.02. The van der Waals surface area contributed by atoms with Crippen LogP contribution in [0.1, 0.15) is 43.1 Å². The standard InChI is InChI=1S/C19H26N2O4/c1-11(2)7-17(22)20-16-6-5-14(8-12(16)3)18(23)21-9-13(4)15(10-21)19(24)25/h5-6,8,11,13,15H,7,9-10H2,1-4H3,(H,20,22)(H,24,25)/t13-,15-/m1/s1. The molecule has 2 rings (SSSR count). The number of carbonyl (C=O) groups is 3. The summed E-state index contributed by atoms with van der Waals surface area (Å²) in [4.78, 5) is 37.3. The first kappa shape index (κ1) is 19.0. The molecule has 1 heterocycles. The van der Waals surface area contributed by atoms with Crippen molar-refractivity contribution >= 4 is 23.5 Å². The molecule has 1 saturated heterocycles. The van der Waals surface area contributed by atoms with Gasteiger partial charge in [-0.3, -0.25) is 14.4 Å². The van der Waals surface area contributed by atoms with Gasteiger partial charge in [0.25, 0.3) is 5.91 Å². The second kappa shape index (κ2) is 7.68. The number of anilines is 1. The highest BCUT2D eigenvalue weighted by Crippen LogP contribution is 2.26. The first-order valence-corrected chi connectivity index (χ1v) is 8.61. The zero-order chi connectivity index (χ0) is 18.7. The number of nitrogens with zero attached hydrogens (tertiary/aromatic N) is 1. The maximum Gasteiger partial charge on any atom is 0.308 e. The minimum Gasteiger partial charge on any atom is -0.481 e. The van der Waals surface area contributed by atoms with Crippen LogP contribution in [0.4, 0.5) is 5.69 Å². The second-order valence-electron chi connectivity index (χ2n) is 7.31. The SMILES string of the molecule is Cc1cc(C(=O)N2C[C@@H](C)[C@H](C(=O)O)C2)ccc1NC(=O)CC(C)C. The third-order valence-corrected chi connectivity index (χ3v) is 4.56. The molecule has 1 aromatic carbocycles. The van der Waals surface area contributed by atoms with Gasteiger partial charge in [0, 0.05) is 30.8 Å². The van der Waals surface area contributed by atoms with E-state index in [2.05, 4.69) is 5.32 Å². The molecule has 6 nitrogen and oxygen atoms in total. The second-order valence-corrected chi connectivity index (χ2v) is 7.31. The summed E-state index contributed by atoms with van der Waals surface area (Å²) in [6, 6.07) is 5.15. The van der Waals surface area contributed by atoms with Gasteiger partial charge >= 0.3 is 5.97 Å². The van der Waals surface area contributed by atoms with Crippen LogP contribution in [-0.2, 0) is 9.59 Å². The summed E-state index contributed by atoms with van der Waals surface area (Å²) in [7, 11) is 0. The molecule has 1 aliphatic rings. The van der Waals surface area contributed by atoms with E-state index in [4.69, 9.17) is 0 Å². The molecule has 2 N–H and O–H groups in total. The number of aryl methyl sites for hydroxylation is 1. The highest BCUT2D eigenvalue weighted by atomic mass is 16.4. The van der Waals surface area contributed by atoms with Crippen molar-refractivity contribution in [3.8, 4) is 0 Å². The Morgan fingerprint density at radius 1 is 1.28 bits per heavy atom. The number of nitrogens with one attached hydrogen (secondary N) is 1. The quantitative estimate of drug-likeness (QED) is 0.858. The van der Waals surface area contributed by atoms with Crippen LogP contribution in [0.3, 0.4) is 0 Å². The van der Waals surface area contributed by atoms with E-state index < -0.39 is 11.9 Å². The van der Waals surface area contributed by atoms with E-state index in [9.17, 15) is 19.5 Å². The third kappa shape index (κ3) is 4.59. The van der Waals surface area contributed by atoms with Gasteiger partial charge in [-0.25, -0.2) is 0 Å².